The van der Waals surface area contributed by atoms with Gasteiger partial charge in [0.1, 0.15) is 0 Å². The SMILES string of the molecule is CN=C(NCC(=O)Nc1cccnc1)NCc1ccc(C(=O)N(C)C)cc1.I. The zero-order chi connectivity index (χ0) is 19.6. The van der Waals surface area contributed by atoms with E-state index in [-0.39, 0.29) is 42.3 Å². The van der Waals surface area contributed by atoms with Crippen molar-refractivity contribution in [1.82, 2.24) is 20.5 Å². The van der Waals surface area contributed by atoms with Crippen LogP contribution in [0.1, 0.15) is 15.9 Å². The van der Waals surface area contributed by atoms with Crippen molar-refractivity contribution in [3.8, 4) is 0 Å². The van der Waals surface area contributed by atoms with Gasteiger partial charge in [0, 0.05) is 39.4 Å². The first-order valence-corrected chi connectivity index (χ1v) is 8.44. The molecule has 0 bridgehead atoms. The van der Waals surface area contributed by atoms with E-state index in [0.717, 1.165) is 5.56 Å². The molecule has 0 fully saturated rings. The lowest BCUT2D eigenvalue weighted by Crippen LogP contribution is -2.41. The van der Waals surface area contributed by atoms with Gasteiger partial charge in [-0.3, -0.25) is 19.6 Å². The van der Waals surface area contributed by atoms with Crippen molar-refractivity contribution in [2.24, 2.45) is 4.99 Å². The summed E-state index contributed by atoms with van der Waals surface area (Å²) >= 11 is 0. The number of halogens is 1. The maximum absolute atomic E-state index is 11.9. The largest absolute Gasteiger partial charge is 0.352 e. The summed E-state index contributed by atoms with van der Waals surface area (Å²) in [5, 5.41) is 8.82. The average molecular weight is 496 g/mol. The van der Waals surface area contributed by atoms with Crippen LogP contribution in [0.25, 0.3) is 0 Å². The van der Waals surface area contributed by atoms with E-state index in [4.69, 9.17) is 0 Å². The number of nitrogens with zero attached hydrogens (tertiary/aromatic N) is 3. The minimum absolute atomic E-state index is 0. The number of carbonyl (C=O) groups is 2. The van der Waals surface area contributed by atoms with Gasteiger partial charge in [-0.2, -0.15) is 0 Å². The van der Waals surface area contributed by atoms with Crippen molar-refractivity contribution >= 4 is 47.4 Å². The summed E-state index contributed by atoms with van der Waals surface area (Å²) in [7, 11) is 5.07. The van der Waals surface area contributed by atoms with Gasteiger partial charge in [-0.1, -0.05) is 12.1 Å². The van der Waals surface area contributed by atoms with Crippen molar-refractivity contribution < 1.29 is 9.59 Å². The first-order valence-electron chi connectivity index (χ1n) is 8.44. The van der Waals surface area contributed by atoms with E-state index in [1.54, 1.807) is 57.8 Å². The fourth-order valence-corrected chi connectivity index (χ4v) is 2.24. The van der Waals surface area contributed by atoms with Gasteiger partial charge in [0.15, 0.2) is 5.96 Å². The quantitative estimate of drug-likeness (QED) is 0.322. The average Bonchev–Trinajstić information content (AvgIpc) is 2.68. The van der Waals surface area contributed by atoms with Crippen molar-refractivity contribution in [3.63, 3.8) is 0 Å². The monoisotopic (exact) mass is 496 g/mol. The molecule has 0 atom stereocenters. The second kappa shape index (κ2) is 11.9. The molecule has 150 valence electrons. The van der Waals surface area contributed by atoms with Gasteiger partial charge in [0.05, 0.1) is 18.4 Å². The van der Waals surface area contributed by atoms with Crippen LogP contribution in [0.3, 0.4) is 0 Å². The highest BCUT2D eigenvalue weighted by atomic mass is 127. The van der Waals surface area contributed by atoms with Gasteiger partial charge in [-0.05, 0) is 29.8 Å². The molecule has 2 rings (SSSR count). The molecular formula is C19H25IN6O2. The van der Waals surface area contributed by atoms with Crippen molar-refractivity contribution in [2.45, 2.75) is 6.54 Å². The highest BCUT2D eigenvalue weighted by molar-refractivity contribution is 14.0. The molecule has 8 nitrogen and oxygen atoms in total. The lowest BCUT2D eigenvalue weighted by molar-refractivity contribution is -0.115. The van der Waals surface area contributed by atoms with Gasteiger partial charge in [-0.15, -0.1) is 24.0 Å². The highest BCUT2D eigenvalue weighted by Crippen LogP contribution is 2.06. The van der Waals surface area contributed by atoms with E-state index in [9.17, 15) is 9.59 Å². The van der Waals surface area contributed by atoms with Crippen LogP contribution < -0.4 is 16.0 Å². The van der Waals surface area contributed by atoms with Gasteiger partial charge in [0.25, 0.3) is 5.91 Å². The minimum atomic E-state index is -0.197. The number of aliphatic imine (C=N–C) groups is 1. The number of guanidine groups is 1. The number of hydrogen-bond acceptors (Lipinski definition) is 4. The van der Waals surface area contributed by atoms with Crippen LogP contribution in [0.4, 0.5) is 5.69 Å². The van der Waals surface area contributed by atoms with Crippen LogP contribution >= 0.6 is 24.0 Å². The number of pyridine rings is 1. The van der Waals surface area contributed by atoms with Gasteiger partial charge >= 0.3 is 0 Å². The lowest BCUT2D eigenvalue weighted by Gasteiger charge is -2.13. The summed E-state index contributed by atoms with van der Waals surface area (Å²) in [6, 6.07) is 10.9. The zero-order valence-corrected chi connectivity index (χ0v) is 18.4. The molecule has 0 aliphatic heterocycles. The van der Waals surface area contributed by atoms with Gasteiger partial charge in [0.2, 0.25) is 5.91 Å². The van der Waals surface area contributed by atoms with E-state index in [1.165, 1.54) is 4.90 Å². The lowest BCUT2D eigenvalue weighted by atomic mass is 10.1. The molecule has 1 aromatic carbocycles. The molecule has 3 N–H and O–H groups in total. The molecule has 0 radical (unpaired) electrons. The summed E-state index contributed by atoms with van der Waals surface area (Å²) in [4.78, 5) is 33.4. The smallest absolute Gasteiger partial charge is 0.253 e. The Morgan fingerprint density at radius 3 is 2.39 bits per heavy atom. The number of rotatable bonds is 6. The molecular weight excluding hydrogens is 471 g/mol. The Bertz CT molecular complexity index is 794. The standard InChI is InChI=1S/C19H24N6O2.HI/c1-20-19(23-13-17(26)24-16-5-4-10-21-12-16)22-11-14-6-8-15(9-7-14)18(27)25(2)3;/h4-10,12H,11,13H2,1-3H3,(H,24,26)(H2,20,22,23);1H. The molecule has 0 unspecified atom stereocenters. The Kier molecular flexibility index (Phi) is 9.93. The Morgan fingerprint density at radius 1 is 1.11 bits per heavy atom. The molecule has 2 aromatic rings. The molecule has 0 spiro atoms. The summed E-state index contributed by atoms with van der Waals surface area (Å²) in [6.45, 7) is 0.588. The third-order valence-electron chi connectivity index (χ3n) is 3.65. The third-order valence-corrected chi connectivity index (χ3v) is 3.65. The Labute approximate surface area is 181 Å². The Morgan fingerprint density at radius 2 is 1.82 bits per heavy atom. The van der Waals surface area contributed by atoms with Crippen molar-refractivity contribution in [3.05, 3.63) is 59.9 Å². The molecule has 2 amide bonds. The van der Waals surface area contributed by atoms with Crippen LogP contribution in [0.5, 0.6) is 0 Å². The minimum Gasteiger partial charge on any atom is -0.352 e. The molecule has 0 aliphatic rings. The first kappa shape index (κ1) is 23.3. The molecule has 0 saturated heterocycles. The summed E-state index contributed by atoms with van der Waals surface area (Å²) in [5.41, 5.74) is 2.27. The maximum Gasteiger partial charge on any atom is 0.253 e. The number of carbonyl (C=O) groups excluding carboxylic acids is 2. The molecule has 0 aliphatic carbocycles. The number of anilines is 1. The Balaban J connectivity index is 0.00000392. The van der Waals surface area contributed by atoms with Gasteiger partial charge in [-0.25, -0.2) is 0 Å². The van der Waals surface area contributed by atoms with Gasteiger partial charge < -0.3 is 20.9 Å². The zero-order valence-electron chi connectivity index (χ0n) is 16.1. The Hall–Kier alpha value is -2.69. The summed E-state index contributed by atoms with van der Waals surface area (Å²) < 4.78 is 0. The molecule has 1 heterocycles. The molecule has 1 aromatic heterocycles. The van der Waals surface area contributed by atoms with Crippen molar-refractivity contribution in [1.29, 1.82) is 0 Å². The number of hydrogen-bond donors (Lipinski definition) is 3. The summed E-state index contributed by atoms with van der Waals surface area (Å²) in [6.07, 6.45) is 3.22. The highest BCUT2D eigenvalue weighted by Gasteiger charge is 2.08. The van der Waals surface area contributed by atoms with E-state index >= 15 is 0 Å². The second-order valence-corrected chi connectivity index (χ2v) is 5.97. The fourth-order valence-electron chi connectivity index (χ4n) is 2.24. The topological polar surface area (TPSA) is 98.7 Å². The number of aromatic nitrogens is 1. The molecule has 9 heteroatoms. The van der Waals surface area contributed by atoms with E-state index in [2.05, 4.69) is 25.9 Å². The number of nitrogens with one attached hydrogen (secondary N) is 3. The van der Waals surface area contributed by atoms with Crippen LogP contribution in [-0.4, -0.2) is 55.3 Å². The van der Waals surface area contributed by atoms with Crippen LogP contribution in [0.15, 0.2) is 53.8 Å². The predicted molar refractivity (Wildman–Crippen MR) is 121 cm³/mol. The molecule has 0 saturated carbocycles. The van der Waals surface area contributed by atoms with Crippen LogP contribution in [0.2, 0.25) is 0 Å². The van der Waals surface area contributed by atoms with Crippen LogP contribution in [0, 0.1) is 0 Å². The number of benzene rings is 1. The maximum atomic E-state index is 11.9. The summed E-state index contributed by atoms with van der Waals surface area (Å²) in [5.74, 6) is 0.272. The van der Waals surface area contributed by atoms with E-state index in [0.29, 0.717) is 23.8 Å². The van der Waals surface area contributed by atoms with E-state index in [1.807, 2.05) is 12.1 Å². The fraction of sp³-hybridized carbons (Fsp3) is 0.263. The molecule has 28 heavy (non-hydrogen) atoms. The first-order chi connectivity index (χ1) is 13.0. The number of amides is 2. The van der Waals surface area contributed by atoms with Crippen LogP contribution in [-0.2, 0) is 11.3 Å². The second-order valence-electron chi connectivity index (χ2n) is 5.97. The predicted octanol–water partition coefficient (Wildman–Crippen LogP) is 1.71. The normalized spacial score (nSPS) is 10.5. The van der Waals surface area contributed by atoms with E-state index < -0.39 is 0 Å². The van der Waals surface area contributed by atoms with Crippen molar-refractivity contribution in [2.75, 3.05) is 33.0 Å². The third kappa shape index (κ3) is 7.51.